The molecule has 0 aliphatic carbocycles. The molecule has 150 valence electrons. The van der Waals surface area contributed by atoms with Gasteiger partial charge in [0, 0.05) is 5.69 Å². The van der Waals surface area contributed by atoms with E-state index in [0.29, 0.717) is 17.9 Å². The van der Waals surface area contributed by atoms with Crippen LogP contribution in [-0.4, -0.2) is 25.1 Å². The van der Waals surface area contributed by atoms with Crippen LogP contribution < -0.4 is 10.1 Å². The van der Waals surface area contributed by atoms with Gasteiger partial charge in [-0.25, -0.2) is 4.79 Å². The van der Waals surface area contributed by atoms with Crippen LogP contribution in [0.4, 0.5) is 5.69 Å². The topological polar surface area (TPSA) is 64.6 Å². The number of esters is 1. The highest BCUT2D eigenvalue weighted by Gasteiger charge is 2.20. The Morgan fingerprint density at radius 2 is 1.75 bits per heavy atom. The van der Waals surface area contributed by atoms with E-state index in [1.165, 1.54) is 24.8 Å². The molecule has 2 rings (SSSR count). The highest BCUT2D eigenvalue weighted by molar-refractivity contribution is 6.33. The van der Waals surface area contributed by atoms with Crippen molar-refractivity contribution in [3.05, 3.63) is 58.6 Å². The van der Waals surface area contributed by atoms with Crippen LogP contribution in [0.1, 0.15) is 50.0 Å². The number of hydrogen-bond acceptors (Lipinski definition) is 4. The number of ether oxygens (including phenoxy) is 2. The SMILES string of the molecule is CC[C@@H](Oc1ccc(C(C)(C)C)cc1)C(=O)Nc1ccc(Cl)c(C(=O)OC)c1. The number of anilines is 1. The van der Waals surface area contributed by atoms with E-state index in [-0.39, 0.29) is 21.9 Å². The number of carbonyl (C=O) groups is 2. The van der Waals surface area contributed by atoms with Gasteiger partial charge in [0.05, 0.1) is 17.7 Å². The van der Waals surface area contributed by atoms with Gasteiger partial charge in [-0.3, -0.25) is 4.79 Å². The number of benzene rings is 2. The minimum absolute atomic E-state index is 0.0476. The van der Waals surface area contributed by atoms with E-state index >= 15 is 0 Å². The molecule has 2 aromatic rings. The van der Waals surface area contributed by atoms with Crippen LogP contribution in [0.3, 0.4) is 0 Å². The Kier molecular flexibility index (Phi) is 7.08. The molecule has 0 aliphatic heterocycles. The molecule has 1 amide bonds. The first-order valence-corrected chi connectivity index (χ1v) is 9.49. The summed E-state index contributed by atoms with van der Waals surface area (Å²) in [6.45, 7) is 8.29. The fourth-order valence-corrected chi connectivity index (χ4v) is 2.81. The van der Waals surface area contributed by atoms with E-state index in [1.807, 2.05) is 31.2 Å². The Morgan fingerprint density at radius 3 is 2.29 bits per heavy atom. The monoisotopic (exact) mass is 403 g/mol. The van der Waals surface area contributed by atoms with Crippen molar-refractivity contribution in [1.82, 2.24) is 0 Å². The lowest BCUT2D eigenvalue weighted by Crippen LogP contribution is -2.32. The summed E-state index contributed by atoms with van der Waals surface area (Å²) in [7, 11) is 1.27. The zero-order valence-electron chi connectivity index (χ0n) is 16.8. The Hall–Kier alpha value is -2.53. The fourth-order valence-electron chi connectivity index (χ4n) is 2.61. The molecule has 0 bridgehead atoms. The van der Waals surface area contributed by atoms with Crippen LogP contribution in [0.15, 0.2) is 42.5 Å². The molecule has 0 saturated carbocycles. The molecule has 5 nitrogen and oxygen atoms in total. The van der Waals surface area contributed by atoms with Gasteiger partial charge in [-0.1, -0.05) is 51.4 Å². The van der Waals surface area contributed by atoms with E-state index in [4.69, 9.17) is 21.1 Å². The van der Waals surface area contributed by atoms with Crippen molar-refractivity contribution in [2.24, 2.45) is 0 Å². The van der Waals surface area contributed by atoms with Crippen molar-refractivity contribution in [3.63, 3.8) is 0 Å². The fraction of sp³-hybridized carbons (Fsp3) is 0.364. The third-order valence-electron chi connectivity index (χ3n) is 4.30. The first-order chi connectivity index (χ1) is 13.2. The molecule has 0 aliphatic rings. The number of carbonyl (C=O) groups excluding carboxylic acids is 2. The summed E-state index contributed by atoms with van der Waals surface area (Å²) < 4.78 is 10.6. The second-order valence-corrected chi connectivity index (χ2v) is 7.87. The van der Waals surface area contributed by atoms with E-state index in [1.54, 1.807) is 6.07 Å². The average molecular weight is 404 g/mol. The summed E-state index contributed by atoms with van der Waals surface area (Å²) in [5.74, 6) is -0.245. The number of hydrogen-bond donors (Lipinski definition) is 1. The van der Waals surface area contributed by atoms with Gasteiger partial charge in [-0.2, -0.15) is 0 Å². The van der Waals surface area contributed by atoms with Crippen LogP contribution in [-0.2, 0) is 14.9 Å². The van der Waals surface area contributed by atoms with Gasteiger partial charge in [0.1, 0.15) is 5.75 Å². The molecule has 0 radical (unpaired) electrons. The van der Waals surface area contributed by atoms with Gasteiger partial charge in [0.15, 0.2) is 6.10 Å². The second-order valence-electron chi connectivity index (χ2n) is 7.46. The van der Waals surface area contributed by atoms with Gasteiger partial charge >= 0.3 is 5.97 Å². The predicted molar refractivity (Wildman–Crippen MR) is 111 cm³/mol. The summed E-state index contributed by atoms with van der Waals surface area (Å²) in [5, 5.41) is 3.02. The lowest BCUT2D eigenvalue weighted by atomic mass is 9.87. The molecule has 0 unspecified atom stereocenters. The highest BCUT2D eigenvalue weighted by Crippen LogP contribution is 2.25. The lowest BCUT2D eigenvalue weighted by molar-refractivity contribution is -0.122. The summed E-state index contributed by atoms with van der Waals surface area (Å²) in [6.07, 6.45) is -0.178. The Labute approximate surface area is 171 Å². The minimum Gasteiger partial charge on any atom is -0.481 e. The van der Waals surface area contributed by atoms with Crippen molar-refractivity contribution in [1.29, 1.82) is 0 Å². The maximum Gasteiger partial charge on any atom is 0.339 e. The molecule has 0 fully saturated rings. The standard InChI is InChI=1S/C22H26ClNO4/c1-6-19(28-16-10-7-14(8-11-16)22(2,3)4)20(25)24-15-9-12-18(23)17(13-15)21(26)27-5/h7-13,19H,6H2,1-5H3,(H,24,25)/t19-/m1/s1. The van der Waals surface area contributed by atoms with Crippen LogP contribution in [0, 0.1) is 0 Å². The van der Waals surface area contributed by atoms with E-state index in [0.717, 1.165) is 0 Å². The van der Waals surface area contributed by atoms with Crippen LogP contribution in [0.5, 0.6) is 5.75 Å². The van der Waals surface area contributed by atoms with Crippen molar-refractivity contribution < 1.29 is 19.1 Å². The summed E-state index contributed by atoms with van der Waals surface area (Å²) in [6, 6.07) is 12.4. The maximum absolute atomic E-state index is 12.6. The quantitative estimate of drug-likeness (QED) is 0.671. The van der Waals surface area contributed by atoms with Gasteiger partial charge in [0.2, 0.25) is 0 Å². The van der Waals surface area contributed by atoms with Crippen molar-refractivity contribution in [3.8, 4) is 5.75 Å². The van der Waals surface area contributed by atoms with Crippen molar-refractivity contribution >= 4 is 29.2 Å². The van der Waals surface area contributed by atoms with Gasteiger partial charge in [0.25, 0.3) is 5.91 Å². The minimum atomic E-state index is -0.669. The number of halogens is 1. The second kappa shape index (κ2) is 9.11. The molecule has 0 aromatic heterocycles. The number of rotatable bonds is 6. The van der Waals surface area contributed by atoms with Gasteiger partial charge < -0.3 is 14.8 Å². The Bertz CT molecular complexity index is 841. The molecular formula is C22H26ClNO4. The summed E-state index contributed by atoms with van der Waals surface area (Å²) >= 11 is 6.01. The van der Waals surface area contributed by atoms with Crippen molar-refractivity contribution in [2.45, 2.75) is 45.6 Å². The number of methoxy groups -OCH3 is 1. The number of nitrogens with one attached hydrogen (secondary N) is 1. The van der Waals surface area contributed by atoms with Crippen LogP contribution in [0.25, 0.3) is 0 Å². The first-order valence-electron chi connectivity index (χ1n) is 9.11. The normalized spacial score (nSPS) is 12.2. The first kappa shape index (κ1) is 21.8. The zero-order valence-corrected chi connectivity index (χ0v) is 17.6. The predicted octanol–water partition coefficient (Wildman–Crippen LogP) is 5.22. The lowest BCUT2D eigenvalue weighted by Gasteiger charge is -2.21. The molecular weight excluding hydrogens is 378 g/mol. The molecule has 2 aromatic carbocycles. The number of amides is 1. The van der Waals surface area contributed by atoms with Gasteiger partial charge in [-0.05, 0) is 47.7 Å². The molecule has 28 heavy (non-hydrogen) atoms. The Morgan fingerprint density at radius 1 is 1.11 bits per heavy atom. The smallest absolute Gasteiger partial charge is 0.339 e. The van der Waals surface area contributed by atoms with E-state index < -0.39 is 12.1 Å². The Balaban J connectivity index is 2.10. The van der Waals surface area contributed by atoms with E-state index in [9.17, 15) is 9.59 Å². The average Bonchev–Trinajstić information content (AvgIpc) is 2.66. The molecule has 0 heterocycles. The van der Waals surface area contributed by atoms with E-state index in [2.05, 4.69) is 26.1 Å². The third-order valence-corrected chi connectivity index (χ3v) is 4.63. The van der Waals surface area contributed by atoms with Crippen molar-refractivity contribution in [2.75, 3.05) is 12.4 Å². The highest BCUT2D eigenvalue weighted by atomic mass is 35.5. The zero-order chi connectivity index (χ0) is 20.9. The molecule has 1 atom stereocenters. The maximum atomic E-state index is 12.6. The summed E-state index contributed by atoms with van der Waals surface area (Å²) in [5.41, 5.74) is 1.87. The summed E-state index contributed by atoms with van der Waals surface area (Å²) in [4.78, 5) is 24.4. The molecule has 0 saturated heterocycles. The largest absolute Gasteiger partial charge is 0.481 e. The van der Waals surface area contributed by atoms with Crippen LogP contribution in [0.2, 0.25) is 5.02 Å². The molecule has 0 spiro atoms. The third kappa shape index (κ3) is 5.49. The molecule has 1 N–H and O–H groups in total. The van der Waals surface area contributed by atoms with Crippen LogP contribution >= 0.6 is 11.6 Å². The van der Waals surface area contributed by atoms with Gasteiger partial charge in [-0.15, -0.1) is 0 Å². The molecule has 6 heteroatoms.